The van der Waals surface area contributed by atoms with E-state index >= 15 is 0 Å². The van der Waals surface area contributed by atoms with Crippen molar-refractivity contribution in [2.45, 2.75) is 52.6 Å². The van der Waals surface area contributed by atoms with Crippen molar-refractivity contribution in [2.75, 3.05) is 9.80 Å². The van der Waals surface area contributed by atoms with Crippen LogP contribution in [0.1, 0.15) is 41.5 Å². The maximum Gasteiger partial charge on any atom is 0.137 e. The van der Waals surface area contributed by atoms with Gasteiger partial charge in [0.25, 0.3) is 0 Å². The zero-order valence-electron chi connectivity index (χ0n) is 39.8. The lowest BCUT2D eigenvalue weighted by Crippen LogP contribution is -2.37. The lowest BCUT2D eigenvalue weighted by Gasteiger charge is -2.38. The van der Waals surface area contributed by atoms with Crippen LogP contribution in [-0.2, 0) is 0 Å². The van der Waals surface area contributed by atoms with Crippen LogP contribution in [0.4, 0.5) is 27.1 Å². The highest BCUT2D eigenvalue weighted by molar-refractivity contribution is 6.17. The van der Waals surface area contributed by atoms with Crippen LogP contribution in [0.2, 0.25) is 0 Å². The number of benzene rings is 10. The summed E-state index contributed by atoms with van der Waals surface area (Å²) in [6.07, 6.45) is 0. The predicted molar refractivity (Wildman–Crippen MR) is 291 cm³/mol. The van der Waals surface area contributed by atoms with Gasteiger partial charge in [0.05, 0.1) is 27.8 Å². The first-order chi connectivity index (χ1) is 33.4. The van der Waals surface area contributed by atoms with E-state index in [0.717, 1.165) is 83.3 Å². The molecule has 0 aliphatic rings. The van der Waals surface area contributed by atoms with Gasteiger partial charge >= 0.3 is 0 Å². The maximum absolute atomic E-state index is 14.8. The van der Waals surface area contributed by atoms with Crippen LogP contribution in [0.25, 0.3) is 93.2 Å². The highest BCUT2D eigenvalue weighted by Crippen LogP contribution is 2.46. The van der Waals surface area contributed by atoms with Crippen LogP contribution >= 0.6 is 0 Å². The molecular weight excluding hydrogens is 846 g/mol. The molecule has 0 spiro atoms. The fraction of sp³-hybridized carbons (Fsp3) is 0.125. The first-order valence-corrected chi connectivity index (χ1v) is 23.9. The minimum Gasteiger partial charge on any atom is -0.456 e. The van der Waals surface area contributed by atoms with Gasteiger partial charge in [0, 0.05) is 44.3 Å². The second-order valence-corrected chi connectivity index (χ2v) is 20.3. The number of anilines is 4. The van der Waals surface area contributed by atoms with Gasteiger partial charge in [0.1, 0.15) is 17.0 Å². The van der Waals surface area contributed by atoms with Crippen molar-refractivity contribution >= 4 is 88.0 Å². The smallest absolute Gasteiger partial charge is 0.137 e. The summed E-state index contributed by atoms with van der Waals surface area (Å²) in [5.74, 6) is -0.252. The lowest BCUT2D eigenvalue weighted by atomic mass is 9.90. The molecule has 0 saturated carbocycles. The van der Waals surface area contributed by atoms with Gasteiger partial charge < -0.3 is 18.8 Å². The van der Waals surface area contributed by atoms with Crippen molar-refractivity contribution in [2.24, 2.45) is 0 Å². The molecule has 336 valence electrons. The highest BCUT2D eigenvalue weighted by Gasteiger charge is 2.29. The summed E-state index contributed by atoms with van der Waals surface area (Å²) in [6, 6.07) is 72.7. The first-order valence-electron chi connectivity index (χ1n) is 23.9. The molecule has 0 aliphatic carbocycles. The molecule has 2 aromatic heterocycles. The summed E-state index contributed by atoms with van der Waals surface area (Å²) in [4.78, 5) is 4.70. The van der Waals surface area contributed by atoms with E-state index < -0.39 is 0 Å². The SMILES string of the molecule is CC(C)(C)N(c1ccc(-c2c3ccccc3cc3cc(-c4cccc(-n5c6ccccc6c6c(N(c7cccc(F)c7)C(C)(C)C)cccc65)c4)ccc23)cc1)c1cccc2oc3ccccc3c12. The Labute approximate surface area is 402 Å². The number of fused-ring (bicyclic) bond motifs is 8. The van der Waals surface area contributed by atoms with Crippen LogP contribution in [-0.4, -0.2) is 15.6 Å². The largest absolute Gasteiger partial charge is 0.456 e. The third kappa shape index (κ3) is 7.11. The van der Waals surface area contributed by atoms with Crippen molar-refractivity contribution in [3.05, 3.63) is 212 Å². The number of para-hydroxylation sites is 2. The second-order valence-electron chi connectivity index (χ2n) is 20.3. The van der Waals surface area contributed by atoms with E-state index in [1.165, 1.54) is 38.7 Å². The van der Waals surface area contributed by atoms with Gasteiger partial charge in [-0.2, -0.15) is 0 Å². The van der Waals surface area contributed by atoms with Crippen molar-refractivity contribution in [3.63, 3.8) is 0 Å². The van der Waals surface area contributed by atoms with Crippen LogP contribution in [0.3, 0.4) is 0 Å². The van der Waals surface area contributed by atoms with Crippen LogP contribution < -0.4 is 9.80 Å². The van der Waals surface area contributed by atoms with Gasteiger partial charge in [0.15, 0.2) is 0 Å². The molecule has 69 heavy (non-hydrogen) atoms. The van der Waals surface area contributed by atoms with E-state index in [9.17, 15) is 4.39 Å². The average Bonchev–Trinajstić information content (AvgIpc) is 3.90. The van der Waals surface area contributed by atoms with E-state index in [1.807, 2.05) is 18.2 Å². The Hall–Kier alpha value is -8.15. The molecule has 12 aromatic rings. The summed E-state index contributed by atoms with van der Waals surface area (Å²) in [5, 5.41) is 9.35. The highest BCUT2D eigenvalue weighted by atomic mass is 19.1. The lowest BCUT2D eigenvalue weighted by molar-refractivity contribution is 0.558. The van der Waals surface area contributed by atoms with E-state index in [2.05, 4.69) is 226 Å². The van der Waals surface area contributed by atoms with Crippen LogP contribution in [0.5, 0.6) is 0 Å². The summed E-state index contributed by atoms with van der Waals surface area (Å²) < 4.78 is 23.5. The molecule has 5 heteroatoms. The molecule has 0 aliphatic heterocycles. The minimum atomic E-state index is -0.337. The molecule has 0 unspecified atom stereocenters. The third-order valence-corrected chi connectivity index (χ3v) is 13.7. The second kappa shape index (κ2) is 16.0. The van der Waals surface area contributed by atoms with Gasteiger partial charge in [-0.1, -0.05) is 115 Å². The molecule has 10 aromatic carbocycles. The van der Waals surface area contributed by atoms with Gasteiger partial charge in [-0.05, 0) is 176 Å². The Balaban J connectivity index is 0.960. The number of rotatable bonds is 7. The van der Waals surface area contributed by atoms with Crippen molar-refractivity contribution in [1.29, 1.82) is 0 Å². The molecule has 0 saturated heterocycles. The maximum atomic E-state index is 14.8. The van der Waals surface area contributed by atoms with Crippen molar-refractivity contribution in [1.82, 2.24) is 4.57 Å². The monoisotopic (exact) mass is 897 g/mol. The topological polar surface area (TPSA) is 24.6 Å². The Bertz CT molecular complexity index is 3960. The van der Waals surface area contributed by atoms with Gasteiger partial charge in [-0.25, -0.2) is 4.39 Å². The molecule has 0 amide bonds. The molecule has 4 nitrogen and oxygen atoms in total. The molecule has 0 atom stereocenters. The fourth-order valence-corrected chi connectivity index (χ4v) is 11.0. The summed E-state index contributed by atoms with van der Waals surface area (Å²) in [5.41, 5.74) is 13.3. The molecule has 0 fully saturated rings. The van der Waals surface area contributed by atoms with E-state index in [4.69, 9.17) is 4.42 Å². The number of halogens is 1. The predicted octanol–water partition coefficient (Wildman–Crippen LogP) is 18.3. The zero-order chi connectivity index (χ0) is 47.2. The fourth-order valence-electron chi connectivity index (χ4n) is 11.0. The van der Waals surface area contributed by atoms with E-state index in [1.54, 1.807) is 12.1 Å². The Morgan fingerprint density at radius 1 is 0.406 bits per heavy atom. The van der Waals surface area contributed by atoms with Gasteiger partial charge in [-0.15, -0.1) is 0 Å². The average molecular weight is 898 g/mol. The normalized spacial score (nSPS) is 12.3. The summed E-state index contributed by atoms with van der Waals surface area (Å²) in [7, 11) is 0. The molecule has 0 bridgehead atoms. The van der Waals surface area contributed by atoms with Crippen molar-refractivity contribution in [3.8, 4) is 27.9 Å². The summed E-state index contributed by atoms with van der Waals surface area (Å²) in [6.45, 7) is 13.3. The Morgan fingerprint density at radius 2 is 1.00 bits per heavy atom. The van der Waals surface area contributed by atoms with Crippen LogP contribution in [0, 0.1) is 5.82 Å². The standard InChI is InChI=1S/C64H52FN3O/c1-63(2,3)67(57-28-16-30-59-62(57)53-24-10-12-29-58(53)69-59)47-34-31-41(32-35-47)60-50-22-8-7-17-44(50)38-45-37-43(33-36-51(45)60)42-18-13-20-48(39-42)66-54-25-11-9-23-52(54)61-55(66)26-15-27-56(61)68(64(4,5)6)49-21-14-19-46(65)40-49/h7-40H,1-6H3. The number of hydrogen-bond acceptors (Lipinski definition) is 3. The Kier molecular flexibility index (Phi) is 9.79. The number of hydrogen-bond donors (Lipinski definition) is 0. The minimum absolute atomic E-state index is 0.226. The van der Waals surface area contributed by atoms with Crippen molar-refractivity contribution < 1.29 is 8.81 Å². The number of furan rings is 1. The third-order valence-electron chi connectivity index (χ3n) is 13.7. The number of aromatic nitrogens is 1. The molecule has 0 N–H and O–H groups in total. The summed E-state index contributed by atoms with van der Waals surface area (Å²) >= 11 is 0. The number of nitrogens with zero attached hydrogens (tertiary/aromatic N) is 3. The molecule has 2 heterocycles. The molecular formula is C64H52FN3O. The quantitative estimate of drug-likeness (QED) is 0.149. The first kappa shape index (κ1) is 42.2. The zero-order valence-corrected chi connectivity index (χ0v) is 39.8. The Morgan fingerprint density at radius 3 is 1.78 bits per heavy atom. The molecule has 0 radical (unpaired) electrons. The van der Waals surface area contributed by atoms with Gasteiger partial charge in [0.2, 0.25) is 0 Å². The van der Waals surface area contributed by atoms with Gasteiger partial charge in [-0.3, -0.25) is 0 Å². The van der Waals surface area contributed by atoms with E-state index in [0.29, 0.717) is 0 Å². The van der Waals surface area contributed by atoms with E-state index in [-0.39, 0.29) is 16.9 Å². The van der Waals surface area contributed by atoms with Crippen LogP contribution in [0.15, 0.2) is 211 Å². The molecule has 12 rings (SSSR count).